The summed E-state index contributed by atoms with van der Waals surface area (Å²) in [6.07, 6.45) is -7.35. The molecule has 0 radical (unpaired) electrons. The van der Waals surface area contributed by atoms with Gasteiger partial charge in [0, 0.05) is 23.5 Å². The number of anilines is 1. The van der Waals surface area contributed by atoms with E-state index in [2.05, 4.69) is 5.32 Å². The van der Waals surface area contributed by atoms with Crippen LogP contribution in [0.25, 0.3) is 0 Å². The monoisotopic (exact) mass is 763 g/mol. The van der Waals surface area contributed by atoms with Gasteiger partial charge >= 0.3 is 12.0 Å². The molecular formula is C36H59Cl2N3O10. The SMILES string of the molecule is CC[C@H]1OC(=O)[C@H](C)[C@@H](O)[C@H](C)[C@@H](O[C@@H]2O[C@H](C)C[C@H](N(C)C)[C@H]2O)[C@](C)(O)C[C@@H](C)CN(C(=O)Nc2ccc(Cl)cc2Cl)[C@H](C)[C@@H](O)[C@]1(C)O. The van der Waals surface area contributed by atoms with E-state index in [9.17, 15) is 35.1 Å². The number of aliphatic hydroxyl groups is 5. The molecule has 0 aromatic heterocycles. The number of nitrogens with one attached hydrogen (secondary N) is 1. The van der Waals surface area contributed by atoms with E-state index >= 15 is 0 Å². The fourth-order valence-electron chi connectivity index (χ4n) is 7.56. The standard InChI is InChI=1S/C36H59Cl2N3O10/c1-11-27-36(8,48)30(44)22(6)41(34(46)39-25-13-12-23(37)15-24(25)38)17-18(2)16-35(7,47)31(20(4)28(42)21(5)32(45)50-27)51-33-29(43)26(40(9)10)14-19(3)49-33/h12-13,15,18-22,26-31,33,42-44,47-48H,11,14,16-17H2,1-10H3,(H,39,46)/t18-,19-,20+,21-,22-,26+,27-,28+,29-,30-,31-,33+,35-,36-/m1/s1. The maximum Gasteiger partial charge on any atom is 0.322 e. The van der Waals surface area contributed by atoms with Crippen LogP contribution in [0, 0.1) is 17.8 Å². The zero-order valence-corrected chi connectivity index (χ0v) is 32.9. The molecule has 0 spiro atoms. The van der Waals surface area contributed by atoms with Crippen molar-refractivity contribution in [2.45, 2.75) is 141 Å². The maximum absolute atomic E-state index is 14.0. The lowest BCUT2D eigenvalue weighted by Gasteiger charge is -2.46. The molecule has 2 aliphatic rings. The quantitative estimate of drug-likeness (QED) is 0.240. The van der Waals surface area contributed by atoms with Crippen molar-refractivity contribution in [1.82, 2.24) is 9.80 Å². The first kappa shape index (κ1) is 43.6. The van der Waals surface area contributed by atoms with E-state index in [1.54, 1.807) is 33.8 Å². The van der Waals surface area contributed by atoms with Crippen molar-refractivity contribution in [3.05, 3.63) is 28.2 Å². The first-order valence-corrected chi connectivity index (χ1v) is 18.5. The molecule has 0 bridgehead atoms. The fraction of sp³-hybridized carbons (Fsp3) is 0.778. The van der Waals surface area contributed by atoms with E-state index < -0.39 is 83.8 Å². The van der Waals surface area contributed by atoms with Crippen LogP contribution in [-0.4, -0.2) is 134 Å². The summed E-state index contributed by atoms with van der Waals surface area (Å²) < 4.78 is 18.2. The first-order chi connectivity index (χ1) is 23.5. The molecule has 51 heavy (non-hydrogen) atoms. The molecule has 6 N–H and O–H groups in total. The zero-order valence-electron chi connectivity index (χ0n) is 31.4. The number of amides is 2. The minimum atomic E-state index is -2.04. The van der Waals surface area contributed by atoms with Gasteiger partial charge in [-0.25, -0.2) is 4.79 Å². The van der Waals surface area contributed by atoms with Gasteiger partial charge in [0.25, 0.3) is 0 Å². The number of aliphatic hydroxyl groups excluding tert-OH is 3. The Morgan fingerprint density at radius 1 is 1.08 bits per heavy atom. The number of carbonyl (C=O) groups is 2. The van der Waals surface area contributed by atoms with Gasteiger partial charge in [0.1, 0.15) is 23.9 Å². The average molecular weight is 765 g/mol. The van der Waals surface area contributed by atoms with Crippen LogP contribution >= 0.6 is 23.2 Å². The number of rotatable bonds is 5. The molecule has 292 valence electrons. The van der Waals surface area contributed by atoms with E-state index in [0.717, 1.165) is 0 Å². The van der Waals surface area contributed by atoms with Crippen LogP contribution in [0.1, 0.15) is 74.7 Å². The van der Waals surface area contributed by atoms with Crippen LogP contribution in [-0.2, 0) is 19.0 Å². The minimum absolute atomic E-state index is 0.00526. The Morgan fingerprint density at radius 3 is 2.27 bits per heavy atom. The fourth-order valence-corrected chi connectivity index (χ4v) is 8.01. The van der Waals surface area contributed by atoms with Crippen LogP contribution in [0.15, 0.2) is 18.2 Å². The number of hydrogen-bond donors (Lipinski definition) is 6. The van der Waals surface area contributed by atoms with Crippen molar-refractivity contribution in [1.29, 1.82) is 0 Å². The van der Waals surface area contributed by atoms with Gasteiger partial charge in [-0.15, -0.1) is 0 Å². The molecule has 0 aliphatic carbocycles. The molecule has 0 saturated carbocycles. The van der Waals surface area contributed by atoms with E-state index in [-0.39, 0.29) is 42.2 Å². The summed E-state index contributed by atoms with van der Waals surface area (Å²) in [6, 6.07) is 2.54. The van der Waals surface area contributed by atoms with Crippen molar-refractivity contribution in [2.24, 2.45) is 17.8 Å². The molecule has 1 aromatic rings. The molecule has 2 heterocycles. The van der Waals surface area contributed by atoms with Gasteiger partial charge < -0.3 is 54.9 Å². The second kappa shape index (κ2) is 17.6. The number of ether oxygens (including phenoxy) is 3. The highest BCUT2D eigenvalue weighted by molar-refractivity contribution is 6.36. The van der Waals surface area contributed by atoms with Gasteiger partial charge in [-0.05, 0) is 92.1 Å². The number of esters is 1. The smallest absolute Gasteiger partial charge is 0.322 e. The Kier molecular flexibility index (Phi) is 15.0. The molecule has 2 aliphatic heterocycles. The second-order valence-corrected chi connectivity index (χ2v) is 16.2. The van der Waals surface area contributed by atoms with Crippen molar-refractivity contribution < 1.29 is 49.3 Å². The number of benzene rings is 1. The van der Waals surface area contributed by atoms with Crippen LogP contribution in [0.5, 0.6) is 0 Å². The summed E-state index contributed by atoms with van der Waals surface area (Å²) in [6.45, 7) is 12.8. The summed E-state index contributed by atoms with van der Waals surface area (Å²) in [4.78, 5) is 30.7. The predicted octanol–water partition coefficient (Wildman–Crippen LogP) is 3.88. The van der Waals surface area contributed by atoms with E-state index in [1.807, 2.05) is 25.9 Å². The largest absolute Gasteiger partial charge is 0.459 e. The third-order valence-corrected chi connectivity index (χ3v) is 11.2. The number of nitrogens with zero attached hydrogens (tertiary/aromatic N) is 2. The normalized spacial score (nSPS) is 40.7. The molecule has 0 unspecified atom stereocenters. The van der Waals surface area contributed by atoms with Gasteiger partial charge in [0.2, 0.25) is 0 Å². The Labute approximate surface area is 312 Å². The third kappa shape index (κ3) is 10.3. The summed E-state index contributed by atoms with van der Waals surface area (Å²) >= 11 is 12.4. The number of cyclic esters (lactones) is 1. The predicted molar refractivity (Wildman–Crippen MR) is 194 cm³/mol. The van der Waals surface area contributed by atoms with E-state index in [1.165, 1.54) is 37.8 Å². The molecule has 2 saturated heterocycles. The lowest BCUT2D eigenvalue weighted by molar-refractivity contribution is -0.299. The number of halogens is 2. The second-order valence-electron chi connectivity index (χ2n) is 15.4. The van der Waals surface area contributed by atoms with E-state index in [0.29, 0.717) is 11.4 Å². The minimum Gasteiger partial charge on any atom is -0.459 e. The van der Waals surface area contributed by atoms with Crippen molar-refractivity contribution in [3.8, 4) is 0 Å². The highest BCUT2D eigenvalue weighted by Crippen LogP contribution is 2.37. The molecule has 1 aromatic carbocycles. The third-order valence-electron chi connectivity index (χ3n) is 10.6. The molecule has 13 nitrogen and oxygen atoms in total. The summed E-state index contributed by atoms with van der Waals surface area (Å²) in [7, 11) is 3.68. The summed E-state index contributed by atoms with van der Waals surface area (Å²) in [5.41, 5.74) is -3.50. The Bertz CT molecular complexity index is 1340. The zero-order chi connectivity index (χ0) is 38.7. The van der Waals surface area contributed by atoms with Gasteiger partial charge in [0.05, 0.1) is 46.6 Å². The van der Waals surface area contributed by atoms with Crippen LogP contribution in [0.2, 0.25) is 10.0 Å². The first-order valence-electron chi connectivity index (χ1n) is 17.7. The number of hydrogen-bond acceptors (Lipinski definition) is 11. The molecule has 14 atom stereocenters. The Balaban J connectivity index is 2.10. The summed E-state index contributed by atoms with van der Waals surface area (Å²) in [5, 5.41) is 61.8. The lowest BCUT2D eigenvalue weighted by Crippen LogP contribution is -2.61. The lowest BCUT2D eigenvalue weighted by atomic mass is 9.78. The molecule has 3 rings (SSSR count). The molecule has 15 heteroatoms. The van der Waals surface area contributed by atoms with Crippen molar-refractivity contribution in [3.63, 3.8) is 0 Å². The van der Waals surface area contributed by atoms with Crippen LogP contribution < -0.4 is 5.32 Å². The van der Waals surface area contributed by atoms with Crippen LogP contribution in [0.4, 0.5) is 10.5 Å². The number of likely N-dealkylation sites (N-methyl/N-ethyl adjacent to an activating group) is 1. The summed E-state index contributed by atoms with van der Waals surface area (Å²) in [5.74, 6) is -3.39. The van der Waals surface area contributed by atoms with Gasteiger partial charge in [-0.2, -0.15) is 0 Å². The Hall–Kier alpha value is -1.78. The van der Waals surface area contributed by atoms with Crippen molar-refractivity contribution >= 4 is 40.9 Å². The average Bonchev–Trinajstić information content (AvgIpc) is 3.04. The van der Waals surface area contributed by atoms with Crippen LogP contribution in [0.3, 0.4) is 0 Å². The number of urea groups is 1. The maximum atomic E-state index is 14.0. The van der Waals surface area contributed by atoms with E-state index in [4.69, 9.17) is 37.4 Å². The highest BCUT2D eigenvalue weighted by atomic mass is 35.5. The number of carbonyl (C=O) groups excluding carboxylic acids is 2. The Morgan fingerprint density at radius 2 is 1.71 bits per heavy atom. The topological polar surface area (TPSA) is 181 Å². The molecular weight excluding hydrogens is 705 g/mol. The van der Waals surface area contributed by atoms with Gasteiger partial charge in [-0.1, -0.05) is 44.0 Å². The highest BCUT2D eigenvalue weighted by Gasteiger charge is 2.50. The van der Waals surface area contributed by atoms with Gasteiger partial charge in [-0.3, -0.25) is 4.79 Å². The van der Waals surface area contributed by atoms with Crippen molar-refractivity contribution in [2.75, 3.05) is 26.0 Å². The molecule has 2 fully saturated rings. The van der Waals surface area contributed by atoms with Gasteiger partial charge in [0.15, 0.2) is 6.29 Å². The molecule has 2 amide bonds.